The molecule has 0 fully saturated rings. The van der Waals surface area contributed by atoms with Crippen LogP contribution >= 0.6 is 0 Å². The number of urea groups is 1. The number of nitrogens with two attached hydrogens (primary N) is 1. The number of nitrogens with one attached hydrogen (secondary N) is 3. The van der Waals surface area contributed by atoms with Crippen molar-refractivity contribution in [2.45, 2.75) is 6.18 Å². The Morgan fingerprint density at radius 2 is 1.71 bits per heavy atom. The van der Waals surface area contributed by atoms with Crippen LogP contribution in [0.2, 0.25) is 0 Å². The average molecular weight is 463 g/mol. The molecule has 4 aromatic rings. The molecule has 0 bridgehead atoms. The maximum atomic E-state index is 12.7. The Bertz CT molecular complexity index is 1360. The minimum atomic E-state index is -4.44. The fourth-order valence-corrected chi connectivity index (χ4v) is 3.30. The number of aromatic amines is 1. The molecule has 0 aliphatic rings. The highest BCUT2D eigenvalue weighted by Crippen LogP contribution is 2.30. The molecule has 0 saturated carbocycles. The van der Waals surface area contributed by atoms with Gasteiger partial charge in [0.2, 0.25) is 0 Å². The van der Waals surface area contributed by atoms with E-state index in [2.05, 4.69) is 20.6 Å². The molecule has 2 amide bonds. The van der Waals surface area contributed by atoms with E-state index in [0.717, 1.165) is 34.3 Å². The van der Waals surface area contributed by atoms with Crippen LogP contribution in [0.15, 0.2) is 90.2 Å². The van der Waals surface area contributed by atoms with Crippen LogP contribution in [-0.2, 0) is 6.18 Å². The summed E-state index contributed by atoms with van der Waals surface area (Å²) in [7, 11) is 0. The summed E-state index contributed by atoms with van der Waals surface area (Å²) in [5.41, 5.74) is 8.81. The van der Waals surface area contributed by atoms with Gasteiger partial charge >= 0.3 is 12.2 Å². The molecule has 5 N–H and O–H groups in total. The van der Waals surface area contributed by atoms with Crippen LogP contribution < -0.4 is 16.4 Å². The summed E-state index contributed by atoms with van der Waals surface area (Å²) in [6, 6.07) is 18.6. The van der Waals surface area contributed by atoms with Gasteiger partial charge in [0.1, 0.15) is 0 Å². The maximum absolute atomic E-state index is 12.7. The quantitative estimate of drug-likeness (QED) is 0.253. The molecule has 0 saturated heterocycles. The Kier molecular flexibility index (Phi) is 6.35. The summed E-state index contributed by atoms with van der Waals surface area (Å²) >= 11 is 0. The molecule has 6 nitrogen and oxygen atoms in total. The number of para-hydroxylation sites is 1. The highest BCUT2D eigenvalue weighted by atomic mass is 19.4. The van der Waals surface area contributed by atoms with E-state index in [1.807, 2.05) is 48.5 Å². The third-order valence-electron chi connectivity index (χ3n) is 5.02. The second-order valence-corrected chi connectivity index (χ2v) is 7.33. The van der Waals surface area contributed by atoms with E-state index in [1.54, 1.807) is 12.4 Å². The summed E-state index contributed by atoms with van der Waals surface area (Å²) in [6.45, 7) is 0. The van der Waals surface area contributed by atoms with E-state index in [0.29, 0.717) is 11.3 Å². The lowest BCUT2D eigenvalue weighted by molar-refractivity contribution is -0.137. The maximum Gasteiger partial charge on any atom is 0.416 e. The molecule has 4 rings (SSSR count). The van der Waals surface area contributed by atoms with Gasteiger partial charge in [-0.25, -0.2) is 4.79 Å². The van der Waals surface area contributed by atoms with Gasteiger partial charge in [-0.15, -0.1) is 0 Å². The second-order valence-electron chi connectivity index (χ2n) is 7.33. The number of carbonyl (C=O) groups is 1. The lowest BCUT2D eigenvalue weighted by Gasteiger charge is -2.10. The minimum absolute atomic E-state index is 0.233. The van der Waals surface area contributed by atoms with E-state index in [4.69, 9.17) is 5.73 Å². The monoisotopic (exact) mass is 463 g/mol. The van der Waals surface area contributed by atoms with Crippen molar-refractivity contribution >= 4 is 45.8 Å². The normalized spacial score (nSPS) is 12.3. The van der Waals surface area contributed by atoms with Crippen LogP contribution in [0.3, 0.4) is 0 Å². The predicted octanol–water partition coefficient (Wildman–Crippen LogP) is 6.53. The van der Waals surface area contributed by atoms with Crippen molar-refractivity contribution in [2.75, 3.05) is 10.6 Å². The molecule has 0 atom stereocenters. The first-order chi connectivity index (χ1) is 16.3. The number of carbonyl (C=O) groups excluding carboxylic acids is 1. The minimum Gasteiger partial charge on any atom is -0.404 e. The molecule has 9 heteroatoms. The number of nitrogens with zero attached hydrogens (tertiary/aromatic N) is 1. The number of fused-ring (bicyclic) bond motifs is 1. The van der Waals surface area contributed by atoms with Crippen LogP contribution in [0.5, 0.6) is 0 Å². The van der Waals surface area contributed by atoms with Gasteiger partial charge in [0.25, 0.3) is 0 Å². The van der Waals surface area contributed by atoms with E-state index >= 15 is 0 Å². The Balaban J connectivity index is 1.51. The van der Waals surface area contributed by atoms with Crippen molar-refractivity contribution in [3.05, 3.63) is 96.3 Å². The topological polar surface area (TPSA) is 95.3 Å². The number of H-pyrrole nitrogens is 1. The Hall–Kier alpha value is -4.53. The van der Waals surface area contributed by atoms with Crippen molar-refractivity contribution in [3.8, 4) is 0 Å². The van der Waals surface area contributed by atoms with Crippen molar-refractivity contribution in [1.29, 1.82) is 0 Å². The molecule has 34 heavy (non-hydrogen) atoms. The number of anilines is 2. The van der Waals surface area contributed by atoms with Crippen molar-refractivity contribution < 1.29 is 18.0 Å². The summed E-state index contributed by atoms with van der Waals surface area (Å²) in [4.78, 5) is 19.9. The number of hydrogen-bond donors (Lipinski definition) is 4. The zero-order valence-electron chi connectivity index (χ0n) is 17.7. The lowest BCUT2D eigenvalue weighted by atomic mass is 10.1. The third-order valence-corrected chi connectivity index (χ3v) is 5.02. The van der Waals surface area contributed by atoms with Gasteiger partial charge in [0.05, 0.1) is 16.9 Å². The molecule has 0 radical (unpaired) electrons. The molecule has 3 aromatic carbocycles. The number of allylic oxidation sites excluding steroid dienone is 1. The van der Waals surface area contributed by atoms with Crippen molar-refractivity contribution in [3.63, 3.8) is 0 Å². The molecular formula is C25H20F3N5O. The van der Waals surface area contributed by atoms with Gasteiger partial charge in [-0.05, 0) is 54.1 Å². The number of rotatable bonds is 5. The standard InChI is InChI=1S/C25H20F3N5O/c26-25(27,28)18-7-9-20(10-8-18)32-24(34)33-23-15-31-22-11-6-16(12-21(22)23)17(13-29)14-30-19-4-2-1-3-5-19/h1-15,31H,29H2,(H2,32,33,34)/b17-13+,30-14?. The molecule has 1 aromatic heterocycles. The van der Waals surface area contributed by atoms with Crippen LogP contribution in [0.25, 0.3) is 16.5 Å². The van der Waals surface area contributed by atoms with Gasteiger partial charge in [-0.2, -0.15) is 13.2 Å². The number of alkyl halides is 3. The van der Waals surface area contributed by atoms with Crippen LogP contribution in [0.1, 0.15) is 11.1 Å². The van der Waals surface area contributed by atoms with Gasteiger partial charge in [0, 0.05) is 40.8 Å². The first kappa shape index (κ1) is 22.7. The Labute approximate surface area is 193 Å². The number of aliphatic imine (C=N–C) groups is 1. The van der Waals surface area contributed by atoms with Crippen molar-refractivity contribution in [2.24, 2.45) is 10.7 Å². The highest BCUT2D eigenvalue weighted by Gasteiger charge is 2.30. The average Bonchev–Trinajstić information content (AvgIpc) is 3.22. The highest BCUT2D eigenvalue weighted by molar-refractivity contribution is 6.12. The van der Waals surface area contributed by atoms with Crippen LogP contribution in [0, 0.1) is 0 Å². The lowest BCUT2D eigenvalue weighted by Crippen LogP contribution is -2.19. The van der Waals surface area contributed by atoms with Gasteiger partial charge in [0.15, 0.2) is 0 Å². The summed E-state index contributed by atoms with van der Waals surface area (Å²) in [5.74, 6) is 0. The molecule has 0 aliphatic heterocycles. The van der Waals surface area contributed by atoms with Crippen molar-refractivity contribution in [1.82, 2.24) is 4.98 Å². The molecule has 0 spiro atoms. The Morgan fingerprint density at radius 1 is 0.971 bits per heavy atom. The van der Waals surface area contributed by atoms with Gasteiger partial charge < -0.3 is 21.4 Å². The van der Waals surface area contributed by atoms with Gasteiger partial charge in [-0.1, -0.05) is 24.3 Å². The predicted molar refractivity (Wildman–Crippen MR) is 129 cm³/mol. The van der Waals surface area contributed by atoms with E-state index in [9.17, 15) is 18.0 Å². The molecule has 1 heterocycles. The van der Waals surface area contributed by atoms with E-state index < -0.39 is 17.8 Å². The SMILES string of the molecule is N/C=C(\C=Nc1ccccc1)c1ccc2[nH]cc(NC(=O)Nc3ccc(C(F)(F)F)cc3)c2c1. The second kappa shape index (κ2) is 9.53. The fourth-order valence-electron chi connectivity index (χ4n) is 3.30. The molecular weight excluding hydrogens is 443 g/mol. The summed E-state index contributed by atoms with van der Waals surface area (Å²) in [5, 5.41) is 5.97. The van der Waals surface area contributed by atoms with Crippen LogP contribution in [-0.4, -0.2) is 17.2 Å². The zero-order chi connectivity index (χ0) is 24.1. The molecule has 172 valence electrons. The first-order valence-electron chi connectivity index (χ1n) is 10.2. The van der Waals surface area contributed by atoms with E-state index in [-0.39, 0.29) is 5.69 Å². The number of amides is 2. The number of halogens is 3. The largest absolute Gasteiger partial charge is 0.416 e. The number of hydrogen-bond acceptors (Lipinski definition) is 3. The Morgan fingerprint density at radius 3 is 2.38 bits per heavy atom. The summed E-state index contributed by atoms with van der Waals surface area (Å²) < 4.78 is 38.1. The molecule has 0 aliphatic carbocycles. The fraction of sp³-hybridized carbons (Fsp3) is 0.0400. The summed E-state index contributed by atoms with van der Waals surface area (Å²) in [6.07, 6.45) is 0.300. The number of benzene rings is 3. The van der Waals surface area contributed by atoms with Crippen LogP contribution in [0.4, 0.5) is 35.0 Å². The van der Waals surface area contributed by atoms with E-state index in [1.165, 1.54) is 18.3 Å². The first-order valence-corrected chi connectivity index (χ1v) is 10.2. The molecule has 0 unspecified atom stereocenters. The van der Waals surface area contributed by atoms with Gasteiger partial charge in [-0.3, -0.25) is 4.99 Å². The smallest absolute Gasteiger partial charge is 0.404 e. The third kappa shape index (κ3) is 5.26. The zero-order valence-corrected chi connectivity index (χ0v) is 17.7. The number of aromatic nitrogens is 1.